The van der Waals surface area contributed by atoms with Crippen molar-refractivity contribution in [2.45, 2.75) is 26.3 Å². The Bertz CT molecular complexity index is 630. The number of aromatic nitrogens is 1. The van der Waals surface area contributed by atoms with Crippen molar-refractivity contribution in [3.05, 3.63) is 39.8 Å². The number of carbonyl (C=O) groups excluding carboxylic acids is 1. The lowest BCUT2D eigenvalue weighted by atomic mass is 10.1. The average molecular weight is 320 g/mol. The Labute approximate surface area is 134 Å². The minimum absolute atomic E-state index is 0.242. The summed E-state index contributed by atoms with van der Waals surface area (Å²) in [5.74, 6) is 1.12. The highest BCUT2D eigenvalue weighted by Crippen LogP contribution is 2.28. The highest BCUT2D eigenvalue weighted by atomic mass is 32.1. The van der Waals surface area contributed by atoms with Gasteiger partial charge in [0.25, 0.3) is 5.91 Å². The Morgan fingerprint density at radius 1 is 1.27 bits per heavy atom. The second-order valence-electron chi connectivity index (χ2n) is 5.05. The number of rotatable bonds is 6. The van der Waals surface area contributed by atoms with Crippen molar-refractivity contribution in [2.24, 2.45) is 0 Å². The molecule has 6 heteroatoms. The third-order valence-corrected chi connectivity index (χ3v) is 4.34. The molecule has 0 atom stereocenters. The molecule has 2 rings (SSSR count). The molecule has 0 fully saturated rings. The van der Waals surface area contributed by atoms with Crippen LogP contribution in [0.2, 0.25) is 0 Å². The van der Waals surface area contributed by atoms with E-state index in [4.69, 9.17) is 9.47 Å². The third-order valence-electron chi connectivity index (χ3n) is 3.15. The van der Waals surface area contributed by atoms with Gasteiger partial charge in [-0.2, -0.15) is 0 Å². The average Bonchev–Trinajstić information content (AvgIpc) is 3.00. The molecule has 0 bridgehead atoms. The molecular formula is C16H20N2O3S. The first kappa shape index (κ1) is 16.3. The summed E-state index contributed by atoms with van der Waals surface area (Å²) in [5, 5.41) is 5.90. The van der Waals surface area contributed by atoms with Gasteiger partial charge in [0.1, 0.15) is 17.1 Å². The second-order valence-corrected chi connectivity index (χ2v) is 5.94. The molecule has 1 heterocycles. The van der Waals surface area contributed by atoms with Crippen molar-refractivity contribution in [1.82, 2.24) is 10.3 Å². The first-order valence-electron chi connectivity index (χ1n) is 7.00. The lowest BCUT2D eigenvalue weighted by Gasteiger charge is -2.12. The minimum Gasteiger partial charge on any atom is -0.496 e. The van der Waals surface area contributed by atoms with Gasteiger partial charge in [-0.15, -0.1) is 11.3 Å². The highest BCUT2D eigenvalue weighted by molar-refractivity contribution is 7.09. The molecule has 22 heavy (non-hydrogen) atoms. The van der Waals surface area contributed by atoms with E-state index in [9.17, 15) is 4.79 Å². The van der Waals surface area contributed by atoms with Crippen LogP contribution in [0.15, 0.2) is 23.6 Å². The van der Waals surface area contributed by atoms with E-state index in [0.717, 1.165) is 10.7 Å². The summed E-state index contributed by atoms with van der Waals surface area (Å²) >= 11 is 1.61. The van der Waals surface area contributed by atoms with E-state index in [0.29, 0.717) is 29.5 Å². The summed E-state index contributed by atoms with van der Waals surface area (Å²) in [6.07, 6.45) is 0. The minimum atomic E-state index is -0.242. The first-order valence-corrected chi connectivity index (χ1v) is 7.88. The number of hydrogen-bond donors (Lipinski definition) is 1. The maximum atomic E-state index is 12.4. The summed E-state index contributed by atoms with van der Waals surface area (Å²) < 4.78 is 10.5. The smallest absolute Gasteiger partial charge is 0.259 e. The van der Waals surface area contributed by atoms with Crippen LogP contribution in [0.4, 0.5) is 0 Å². The fourth-order valence-corrected chi connectivity index (χ4v) is 2.84. The molecule has 118 valence electrons. The molecular weight excluding hydrogens is 300 g/mol. The fourth-order valence-electron chi connectivity index (χ4n) is 2.00. The van der Waals surface area contributed by atoms with Crippen molar-refractivity contribution in [1.29, 1.82) is 0 Å². The lowest BCUT2D eigenvalue weighted by molar-refractivity contribution is 0.0944. The van der Waals surface area contributed by atoms with Crippen LogP contribution >= 0.6 is 11.3 Å². The van der Waals surface area contributed by atoms with Gasteiger partial charge in [0, 0.05) is 11.3 Å². The maximum Gasteiger partial charge on any atom is 0.259 e. The van der Waals surface area contributed by atoms with Gasteiger partial charge in [0.2, 0.25) is 0 Å². The maximum absolute atomic E-state index is 12.4. The van der Waals surface area contributed by atoms with Gasteiger partial charge in [-0.25, -0.2) is 4.98 Å². The first-order chi connectivity index (χ1) is 10.6. The van der Waals surface area contributed by atoms with E-state index in [1.807, 2.05) is 5.38 Å². The summed E-state index contributed by atoms with van der Waals surface area (Å²) in [6.45, 7) is 4.57. The number of amides is 1. The van der Waals surface area contributed by atoms with E-state index in [-0.39, 0.29) is 5.91 Å². The summed E-state index contributed by atoms with van der Waals surface area (Å²) in [7, 11) is 3.06. The summed E-state index contributed by atoms with van der Waals surface area (Å²) in [6, 6.07) is 5.25. The van der Waals surface area contributed by atoms with Crippen LogP contribution in [-0.4, -0.2) is 25.1 Å². The zero-order valence-corrected chi connectivity index (χ0v) is 14.0. The van der Waals surface area contributed by atoms with E-state index in [1.54, 1.807) is 29.5 Å². The van der Waals surface area contributed by atoms with Crippen molar-refractivity contribution < 1.29 is 14.3 Å². The number of carbonyl (C=O) groups is 1. The van der Waals surface area contributed by atoms with Crippen LogP contribution in [0.25, 0.3) is 0 Å². The van der Waals surface area contributed by atoms with Crippen molar-refractivity contribution >= 4 is 17.2 Å². The van der Waals surface area contributed by atoms with Gasteiger partial charge in [0.05, 0.1) is 31.5 Å². The number of ether oxygens (including phenoxy) is 2. The van der Waals surface area contributed by atoms with E-state index in [1.165, 1.54) is 14.2 Å². The Hall–Kier alpha value is -2.08. The highest BCUT2D eigenvalue weighted by Gasteiger charge is 2.18. The molecule has 1 N–H and O–H groups in total. The van der Waals surface area contributed by atoms with E-state index < -0.39 is 0 Å². The largest absolute Gasteiger partial charge is 0.496 e. The van der Waals surface area contributed by atoms with Crippen LogP contribution in [0.1, 0.15) is 40.8 Å². The predicted octanol–water partition coefficient (Wildman–Crippen LogP) is 3.21. The Morgan fingerprint density at radius 2 is 1.91 bits per heavy atom. The Morgan fingerprint density at radius 3 is 2.41 bits per heavy atom. The number of methoxy groups -OCH3 is 2. The van der Waals surface area contributed by atoms with Gasteiger partial charge in [-0.1, -0.05) is 19.9 Å². The number of thiazole rings is 1. The summed E-state index contributed by atoms with van der Waals surface area (Å²) in [5.41, 5.74) is 1.25. The number of nitrogens with one attached hydrogen (secondary N) is 1. The molecule has 1 aromatic carbocycles. The summed E-state index contributed by atoms with van der Waals surface area (Å²) in [4.78, 5) is 16.9. The molecule has 5 nitrogen and oxygen atoms in total. The Balaban J connectivity index is 2.12. The van der Waals surface area contributed by atoms with Gasteiger partial charge in [-0.3, -0.25) is 4.79 Å². The second kappa shape index (κ2) is 7.26. The molecule has 0 unspecified atom stereocenters. The van der Waals surface area contributed by atoms with Crippen molar-refractivity contribution in [3.63, 3.8) is 0 Å². The topological polar surface area (TPSA) is 60.5 Å². The molecule has 0 saturated heterocycles. The van der Waals surface area contributed by atoms with Gasteiger partial charge in [0.15, 0.2) is 0 Å². The molecule has 0 radical (unpaired) electrons. The molecule has 0 spiro atoms. The molecule has 0 aliphatic carbocycles. The van der Waals surface area contributed by atoms with Gasteiger partial charge in [-0.05, 0) is 12.1 Å². The van der Waals surface area contributed by atoms with Crippen LogP contribution in [0.5, 0.6) is 11.5 Å². The molecule has 0 aliphatic heterocycles. The standard InChI is InChI=1S/C16H20N2O3S/c1-10(2)16-18-11(9-22-16)8-17-15(19)14-12(20-3)6-5-7-13(14)21-4/h5-7,9-10H,8H2,1-4H3,(H,17,19). The number of benzene rings is 1. The SMILES string of the molecule is COc1cccc(OC)c1C(=O)NCc1csc(C(C)C)n1. The quantitative estimate of drug-likeness (QED) is 0.888. The molecule has 2 aromatic rings. The molecule has 0 aliphatic rings. The van der Waals surface area contributed by atoms with Crippen LogP contribution in [0, 0.1) is 0 Å². The van der Waals surface area contributed by atoms with Crippen LogP contribution in [-0.2, 0) is 6.54 Å². The van der Waals surface area contributed by atoms with Crippen molar-refractivity contribution in [3.8, 4) is 11.5 Å². The fraction of sp³-hybridized carbons (Fsp3) is 0.375. The predicted molar refractivity (Wildman–Crippen MR) is 86.9 cm³/mol. The van der Waals surface area contributed by atoms with Gasteiger partial charge < -0.3 is 14.8 Å². The van der Waals surface area contributed by atoms with Crippen LogP contribution < -0.4 is 14.8 Å². The van der Waals surface area contributed by atoms with Crippen LogP contribution in [0.3, 0.4) is 0 Å². The zero-order valence-electron chi connectivity index (χ0n) is 13.2. The molecule has 1 aromatic heterocycles. The Kier molecular flexibility index (Phi) is 5.38. The third kappa shape index (κ3) is 3.57. The lowest BCUT2D eigenvalue weighted by Crippen LogP contribution is -2.24. The number of nitrogens with zero attached hydrogens (tertiary/aromatic N) is 1. The number of hydrogen-bond acceptors (Lipinski definition) is 5. The monoisotopic (exact) mass is 320 g/mol. The zero-order chi connectivity index (χ0) is 16.1. The molecule has 0 saturated carbocycles. The molecule has 1 amide bonds. The normalized spacial score (nSPS) is 10.6. The van der Waals surface area contributed by atoms with E-state index in [2.05, 4.69) is 24.1 Å². The van der Waals surface area contributed by atoms with Gasteiger partial charge >= 0.3 is 0 Å². The van der Waals surface area contributed by atoms with Crippen molar-refractivity contribution in [2.75, 3.05) is 14.2 Å². The van der Waals surface area contributed by atoms with E-state index >= 15 is 0 Å².